The maximum absolute atomic E-state index is 5.42. The van der Waals surface area contributed by atoms with Gasteiger partial charge in [-0.25, -0.2) is 4.99 Å². The number of aromatic nitrogens is 2. The van der Waals surface area contributed by atoms with Crippen LogP contribution in [0.3, 0.4) is 0 Å². The third-order valence-corrected chi connectivity index (χ3v) is 4.63. The first-order valence-electron chi connectivity index (χ1n) is 9.79. The summed E-state index contributed by atoms with van der Waals surface area (Å²) in [5.41, 5.74) is 3.47. The van der Waals surface area contributed by atoms with Crippen molar-refractivity contribution < 1.29 is 4.42 Å². The van der Waals surface area contributed by atoms with E-state index < -0.39 is 0 Å². The first-order chi connectivity index (χ1) is 13.7. The Hall–Kier alpha value is -3.02. The second kappa shape index (κ2) is 9.78. The van der Waals surface area contributed by atoms with Gasteiger partial charge in [-0.3, -0.25) is 4.68 Å². The summed E-state index contributed by atoms with van der Waals surface area (Å²) in [6.07, 6.45) is 5.46. The molecule has 0 saturated heterocycles. The largest absolute Gasteiger partial charge is 0.469 e. The van der Waals surface area contributed by atoms with E-state index in [1.165, 1.54) is 5.56 Å². The maximum atomic E-state index is 5.42. The van der Waals surface area contributed by atoms with Gasteiger partial charge in [-0.15, -0.1) is 0 Å². The minimum atomic E-state index is 0.149. The summed E-state index contributed by atoms with van der Waals surface area (Å²) >= 11 is 0. The van der Waals surface area contributed by atoms with Crippen LogP contribution in [0.25, 0.3) is 0 Å². The summed E-state index contributed by atoms with van der Waals surface area (Å²) in [4.78, 5) is 4.81. The molecule has 0 radical (unpaired) electrons. The van der Waals surface area contributed by atoms with E-state index in [1.807, 2.05) is 36.1 Å². The van der Waals surface area contributed by atoms with E-state index in [4.69, 9.17) is 9.41 Å². The molecule has 0 aliphatic carbocycles. The SMILES string of the molecule is CCc1nn(C)cc1CN=C(NCCc1ccco1)NC(C)c1ccccc1. The van der Waals surface area contributed by atoms with Gasteiger partial charge in [-0.1, -0.05) is 37.3 Å². The Bertz CT molecular complexity index is 868. The Kier molecular flexibility index (Phi) is 6.89. The molecule has 3 rings (SSSR count). The minimum Gasteiger partial charge on any atom is -0.469 e. The van der Waals surface area contributed by atoms with E-state index in [2.05, 4.69) is 53.8 Å². The summed E-state index contributed by atoms with van der Waals surface area (Å²) in [6, 6.07) is 14.4. The first kappa shape index (κ1) is 19.7. The van der Waals surface area contributed by atoms with Gasteiger partial charge >= 0.3 is 0 Å². The Labute approximate surface area is 166 Å². The fourth-order valence-corrected chi connectivity index (χ4v) is 3.12. The number of benzene rings is 1. The van der Waals surface area contributed by atoms with Gasteiger partial charge in [0.15, 0.2) is 5.96 Å². The first-order valence-corrected chi connectivity index (χ1v) is 9.79. The summed E-state index contributed by atoms with van der Waals surface area (Å²) in [6.45, 7) is 5.59. The number of hydrogen-bond donors (Lipinski definition) is 2. The second-order valence-corrected chi connectivity index (χ2v) is 6.83. The van der Waals surface area contributed by atoms with Crippen molar-refractivity contribution in [2.75, 3.05) is 6.54 Å². The van der Waals surface area contributed by atoms with Crippen molar-refractivity contribution in [3.8, 4) is 0 Å². The van der Waals surface area contributed by atoms with Gasteiger partial charge in [-0.05, 0) is 31.0 Å². The fourth-order valence-electron chi connectivity index (χ4n) is 3.12. The smallest absolute Gasteiger partial charge is 0.192 e. The van der Waals surface area contributed by atoms with E-state index in [-0.39, 0.29) is 6.04 Å². The van der Waals surface area contributed by atoms with Crippen LogP contribution in [0.4, 0.5) is 0 Å². The molecule has 0 aliphatic rings. The lowest BCUT2D eigenvalue weighted by Crippen LogP contribution is -2.39. The van der Waals surface area contributed by atoms with E-state index in [0.29, 0.717) is 6.54 Å². The van der Waals surface area contributed by atoms with Gasteiger partial charge in [0.1, 0.15) is 5.76 Å². The Morgan fingerprint density at radius 2 is 2.04 bits per heavy atom. The number of nitrogens with one attached hydrogen (secondary N) is 2. The number of rotatable bonds is 8. The highest BCUT2D eigenvalue weighted by Crippen LogP contribution is 2.12. The summed E-state index contributed by atoms with van der Waals surface area (Å²) in [5.74, 6) is 1.75. The zero-order valence-corrected chi connectivity index (χ0v) is 16.9. The zero-order valence-electron chi connectivity index (χ0n) is 16.9. The Balaban J connectivity index is 1.68. The van der Waals surface area contributed by atoms with Crippen molar-refractivity contribution in [2.45, 2.75) is 39.3 Å². The normalized spacial score (nSPS) is 12.8. The van der Waals surface area contributed by atoms with Crippen LogP contribution in [-0.4, -0.2) is 22.3 Å². The Morgan fingerprint density at radius 3 is 2.75 bits per heavy atom. The molecule has 3 aromatic rings. The van der Waals surface area contributed by atoms with E-state index in [0.717, 1.165) is 42.4 Å². The summed E-state index contributed by atoms with van der Waals surface area (Å²) in [7, 11) is 1.95. The molecule has 2 heterocycles. The number of hydrogen-bond acceptors (Lipinski definition) is 3. The molecule has 0 spiro atoms. The highest BCUT2D eigenvalue weighted by atomic mass is 16.3. The number of guanidine groups is 1. The maximum Gasteiger partial charge on any atom is 0.192 e. The minimum absolute atomic E-state index is 0.149. The van der Waals surface area contributed by atoms with Crippen LogP contribution >= 0.6 is 0 Å². The van der Waals surface area contributed by atoms with Crippen LogP contribution < -0.4 is 10.6 Å². The molecule has 2 aromatic heterocycles. The van der Waals surface area contributed by atoms with Crippen LogP contribution in [0.2, 0.25) is 0 Å². The van der Waals surface area contributed by atoms with Crippen molar-refractivity contribution in [3.63, 3.8) is 0 Å². The zero-order chi connectivity index (χ0) is 19.8. The Morgan fingerprint density at radius 1 is 1.21 bits per heavy atom. The van der Waals surface area contributed by atoms with Gasteiger partial charge in [0, 0.05) is 31.8 Å². The van der Waals surface area contributed by atoms with E-state index in [1.54, 1.807) is 6.26 Å². The van der Waals surface area contributed by atoms with Gasteiger partial charge in [0.05, 0.1) is 24.5 Å². The van der Waals surface area contributed by atoms with Gasteiger partial charge in [-0.2, -0.15) is 5.10 Å². The van der Waals surface area contributed by atoms with Crippen molar-refractivity contribution >= 4 is 5.96 Å². The molecule has 0 fully saturated rings. The third-order valence-electron chi connectivity index (χ3n) is 4.63. The molecule has 148 valence electrons. The van der Waals surface area contributed by atoms with Gasteiger partial charge < -0.3 is 15.1 Å². The van der Waals surface area contributed by atoms with Crippen LogP contribution in [-0.2, 0) is 26.4 Å². The standard InChI is InChI=1S/C22H29N5O/c1-4-21-19(16-27(3)26-21)15-24-22(23-13-12-20-11-8-14-28-20)25-17(2)18-9-6-5-7-10-18/h5-11,14,16-17H,4,12-13,15H2,1-3H3,(H2,23,24,25). The van der Waals surface area contributed by atoms with Crippen LogP contribution in [0.15, 0.2) is 64.3 Å². The molecular formula is C22H29N5O. The predicted molar refractivity (Wildman–Crippen MR) is 112 cm³/mol. The lowest BCUT2D eigenvalue weighted by molar-refractivity contribution is 0.506. The summed E-state index contributed by atoms with van der Waals surface area (Å²) < 4.78 is 7.27. The molecule has 0 amide bonds. The molecule has 1 unspecified atom stereocenters. The third kappa shape index (κ3) is 5.49. The molecule has 0 bridgehead atoms. The monoisotopic (exact) mass is 379 g/mol. The van der Waals surface area contributed by atoms with Crippen LogP contribution in [0, 0.1) is 0 Å². The van der Waals surface area contributed by atoms with Crippen molar-refractivity contribution in [2.24, 2.45) is 12.0 Å². The van der Waals surface area contributed by atoms with E-state index in [9.17, 15) is 0 Å². The predicted octanol–water partition coefficient (Wildman–Crippen LogP) is 3.61. The number of furan rings is 1. The number of nitrogens with zero attached hydrogens (tertiary/aromatic N) is 3. The molecule has 0 saturated carbocycles. The second-order valence-electron chi connectivity index (χ2n) is 6.83. The van der Waals surface area contributed by atoms with Crippen LogP contribution in [0.5, 0.6) is 0 Å². The molecule has 6 nitrogen and oxygen atoms in total. The van der Waals surface area contributed by atoms with E-state index >= 15 is 0 Å². The van der Waals surface area contributed by atoms with Crippen molar-refractivity contribution in [1.82, 2.24) is 20.4 Å². The van der Waals surface area contributed by atoms with Crippen LogP contribution in [0.1, 0.15) is 42.5 Å². The average Bonchev–Trinajstić information content (AvgIpc) is 3.35. The molecule has 1 aromatic carbocycles. The summed E-state index contributed by atoms with van der Waals surface area (Å²) in [5, 5.41) is 11.4. The molecule has 28 heavy (non-hydrogen) atoms. The topological polar surface area (TPSA) is 67.4 Å². The molecule has 0 aliphatic heterocycles. The van der Waals surface area contributed by atoms with Crippen molar-refractivity contribution in [3.05, 3.63) is 77.5 Å². The quantitative estimate of drug-likeness (QED) is 0.463. The highest BCUT2D eigenvalue weighted by molar-refractivity contribution is 5.80. The average molecular weight is 380 g/mol. The van der Waals surface area contributed by atoms with Crippen molar-refractivity contribution in [1.29, 1.82) is 0 Å². The lowest BCUT2D eigenvalue weighted by atomic mass is 10.1. The lowest BCUT2D eigenvalue weighted by Gasteiger charge is -2.18. The highest BCUT2D eigenvalue weighted by Gasteiger charge is 2.10. The number of aliphatic imine (C=N–C) groups is 1. The fraction of sp³-hybridized carbons (Fsp3) is 0.364. The molecule has 6 heteroatoms. The van der Waals surface area contributed by atoms with Gasteiger partial charge in [0.2, 0.25) is 0 Å². The number of aryl methyl sites for hydroxylation is 2. The molecule has 2 N–H and O–H groups in total. The molecular weight excluding hydrogens is 350 g/mol. The molecule has 1 atom stereocenters. The van der Waals surface area contributed by atoms with Gasteiger partial charge in [0.25, 0.3) is 0 Å².